The van der Waals surface area contributed by atoms with E-state index in [1.807, 2.05) is 0 Å². The number of aliphatic carboxylic acids is 1. The van der Waals surface area contributed by atoms with Crippen LogP contribution in [0.15, 0.2) is 0 Å². The van der Waals surface area contributed by atoms with E-state index in [2.05, 4.69) is 10.2 Å². The molecule has 1 saturated heterocycles. The van der Waals surface area contributed by atoms with Gasteiger partial charge in [0.05, 0.1) is 6.61 Å². The molecule has 7 nitrogen and oxygen atoms in total. The lowest BCUT2D eigenvalue weighted by Crippen LogP contribution is -2.57. The van der Waals surface area contributed by atoms with Crippen LogP contribution in [-0.4, -0.2) is 77.4 Å². The van der Waals surface area contributed by atoms with Crippen molar-refractivity contribution >= 4 is 12.0 Å². The minimum Gasteiger partial charge on any atom is -0.480 e. The number of hydrogen-bond donors (Lipinski definition) is 3. The molecule has 1 rings (SSSR count). The van der Waals surface area contributed by atoms with Gasteiger partial charge in [0.1, 0.15) is 6.04 Å². The fourth-order valence-electron chi connectivity index (χ4n) is 2.18. The molecule has 0 aromatic rings. The first-order valence-corrected chi connectivity index (χ1v) is 6.87. The van der Waals surface area contributed by atoms with Crippen molar-refractivity contribution in [2.75, 3.05) is 39.3 Å². The highest BCUT2D eigenvalue weighted by atomic mass is 16.4. The summed E-state index contributed by atoms with van der Waals surface area (Å²) in [6, 6.07) is -1.25. The first kappa shape index (κ1) is 16.7. The number of carboxylic acid groups (broad SMARTS) is 1. The van der Waals surface area contributed by atoms with Gasteiger partial charge in [-0.1, -0.05) is 20.8 Å². The van der Waals surface area contributed by atoms with E-state index < -0.39 is 17.4 Å². The maximum atomic E-state index is 12.1. The average molecular weight is 287 g/mol. The van der Waals surface area contributed by atoms with E-state index in [1.54, 1.807) is 25.7 Å². The Morgan fingerprint density at radius 2 is 1.75 bits per heavy atom. The number of carboxylic acids is 1. The number of rotatable bonds is 4. The minimum atomic E-state index is -1.02. The van der Waals surface area contributed by atoms with Crippen LogP contribution in [0.3, 0.4) is 0 Å². The molecule has 1 aliphatic rings. The Bertz CT molecular complexity index is 346. The Kier molecular flexibility index (Phi) is 5.76. The summed E-state index contributed by atoms with van der Waals surface area (Å²) in [7, 11) is 0. The maximum Gasteiger partial charge on any atom is 0.326 e. The molecule has 116 valence electrons. The van der Waals surface area contributed by atoms with E-state index in [4.69, 9.17) is 5.11 Å². The van der Waals surface area contributed by atoms with Crippen LogP contribution >= 0.6 is 0 Å². The van der Waals surface area contributed by atoms with Gasteiger partial charge in [-0.3, -0.25) is 4.90 Å². The third-order valence-electron chi connectivity index (χ3n) is 3.46. The van der Waals surface area contributed by atoms with Crippen molar-refractivity contribution in [3.8, 4) is 0 Å². The lowest BCUT2D eigenvalue weighted by Gasteiger charge is -2.36. The molecule has 0 aromatic heterocycles. The Morgan fingerprint density at radius 3 is 2.15 bits per heavy atom. The van der Waals surface area contributed by atoms with E-state index in [0.29, 0.717) is 32.7 Å². The van der Waals surface area contributed by atoms with Crippen molar-refractivity contribution in [2.24, 2.45) is 5.41 Å². The third kappa shape index (κ3) is 4.64. The summed E-state index contributed by atoms with van der Waals surface area (Å²) in [6.07, 6.45) is 0. The minimum absolute atomic E-state index is 0.108. The average Bonchev–Trinajstić information content (AvgIpc) is 2.35. The number of carbonyl (C=O) groups excluding carboxylic acids is 1. The Labute approximate surface area is 119 Å². The molecule has 0 spiro atoms. The molecular formula is C13H25N3O4. The number of nitrogens with one attached hydrogen (secondary N) is 1. The number of carbonyl (C=O) groups is 2. The van der Waals surface area contributed by atoms with Gasteiger partial charge in [-0.25, -0.2) is 9.59 Å². The lowest BCUT2D eigenvalue weighted by atomic mass is 9.87. The van der Waals surface area contributed by atoms with Gasteiger partial charge in [0.25, 0.3) is 0 Å². The molecule has 0 aliphatic carbocycles. The fourth-order valence-corrected chi connectivity index (χ4v) is 2.18. The molecule has 0 aromatic carbocycles. The highest BCUT2D eigenvalue weighted by molar-refractivity contribution is 5.83. The number of urea groups is 1. The molecule has 1 atom stereocenters. The van der Waals surface area contributed by atoms with Gasteiger partial charge in [0, 0.05) is 32.7 Å². The monoisotopic (exact) mass is 287 g/mol. The van der Waals surface area contributed by atoms with E-state index in [0.717, 1.165) is 0 Å². The SMILES string of the molecule is CC(C)(C)[C@H](NC(=O)N1CCN(CCO)CC1)C(=O)O. The quantitative estimate of drug-likeness (QED) is 0.666. The van der Waals surface area contributed by atoms with Crippen molar-refractivity contribution in [1.29, 1.82) is 0 Å². The fraction of sp³-hybridized carbons (Fsp3) is 0.846. The zero-order valence-corrected chi connectivity index (χ0v) is 12.4. The summed E-state index contributed by atoms with van der Waals surface area (Å²) in [5.74, 6) is -1.02. The molecule has 0 unspecified atom stereocenters. The number of aliphatic hydroxyl groups is 1. The number of piperazine rings is 1. The predicted molar refractivity (Wildman–Crippen MR) is 74.5 cm³/mol. The van der Waals surface area contributed by atoms with Gasteiger partial charge in [-0.05, 0) is 5.41 Å². The van der Waals surface area contributed by atoms with Gasteiger partial charge >= 0.3 is 12.0 Å². The zero-order chi connectivity index (χ0) is 15.3. The highest BCUT2D eigenvalue weighted by Crippen LogP contribution is 2.19. The van der Waals surface area contributed by atoms with Gasteiger partial charge in [-0.15, -0.1) is 0 Å². The molecular weight excluding hydrogens is 262 g/mol. The van der Waals surface area contributed by atoms with Crippen LogP contribution in [0.25, 0.3) is 0 Å². The molecule has 0 saturated carbocycles. The van der Waals surface area contributed by atoms with E-state index in [-0.39, 0.29) is 12.6 Å². The highest BCUT2D eigenvalue weighted by Gasteiger charge is 2.34. The van der Waals surface area contributed by atoms with Gasteiger partial charge < -0.3 is 20.4 Å². The second kappa shape index (κ2) is 6.90. The molecule has 20 heavy (non-hydrogen) atoms. The van der Waals surface area contributed by atoms with Crippen LogP contribution in [0.2, 0.25) is 0 Å². The van der Waals surface area contributed by atoms with E-state index in [1.165, 1.54) is 0 Å². The van der Waals surface area contributed by atoms with E-state index >= 15 is 0 Å². The molecule has 3 N–H and O–H groups in total. The van der Waals surface area contributed by atoms with Gasteiger partial charge in [0.2, 0.25) is 0 Å². The molecule has 1 aliphatic heterocycles. The number of β-amino-alcohol motifs (C(OH)–C–C–N with tert-alkyl or cyclic N) is 1. The molecule has 2 amide bonds. The van der Waals surface area contributed by atoms with Crippen LogP contribution in [0.4, 0.5) is 4.79 Å². The summed E-state index contributed by atoms with van der Waals surface area (Å²) >= 11 is 0. The molecule has 7 heteroatoms. The van der Waals surface area contributed by atoms with Crippen LogP contribution in [0.1, 0.15) is 20.8 Å². The maximum absolute atomic E-state index is 12.1. The normalized spacial score (nSPS) is 18.7. The molecule has 0 radical (unpaired) electrons. The first-order chi connectivity index (χ1) is 9.25. The van der Waals surface area contributed by atoms with Crippen molar-refractivity contribution in [3.05, 3.63) is 0 Å². The summed E-state index contributed by atoms with van der Waals surface area (Å²) < 4.78 is 0. The smallest absolute Gasteiger partial charge is 0.326 e. The molecule has 1 fully saturated rings. The van der Waals surface area contributed by atoms with E-state index in [9.17, 15) is 14.7 Å². The summed E-state index contributed by atoms with van der Waals surface area (Å²) in [5.41, 5.74) is -0.541. The zero-order valence-electron chi connectivity index (χ0n) is 12.4. The summed E-state index contributed by atoms with van der Waals surface area (Å²) in [6.45, 7) is 8.54. The third-order valence-corrected chi connectivity index (χ3v) is 3.46. The number of hydrogen-bond acceptors (Lipinski definition) is 4. The van der Waals surface area contributed by atoms with Crippen molar-refractivity contribution in [2.45, 2.75) is 26.8 Å². The topological polar surface area (TPSA) is 93.1 Å². The number of amides is 2. The van der Waals surface area contributed by atoms with Crippen molar-refractivity contribution in [3.63, 3.8) is 0 Å². The van der Waals surface area contributed by atoms with Crippen molar-refractivity contribution in [1.82, 2.24) is 15.1 Å². The van der Waals surface area contributed by atoms with Crippen LogP contribution in [-0.2, 0) is 4.79 Å². The first-order valence-electron chi connectivity index (χ1n) is 6.87. The van der Waals surface area contributed by atoms with Gasteiger partial charge in [-0.2, -0.15) is 0 Å². The molecule has 1 heterocycles. The second-order valence-electron chi connectivity index (χ2n) is 6.14. The van der Waals surface area contributed by atoms with Crippen LogP contribution < -0.4 is 5.32 Å². The second-order valence-corrected chi connectivity index (χ2v) is 6.14. The standard InChI is InChI=1S/C13H25N3O4/c1-13(2,3)10(11(18)19)14-12(20)16-6-4-15(5-7-16)8-9-17/h10,17H,4-9H2,1-3H3,(H,14,20)(H,18,19)/t10-/m1/s1. The predicted octanol–water partition coefficient (Wildman–Crippen LogP) is -0.195. The van der Waals surface area contributed by atoms with Crippen molar-refractivity contribution < 1.29 is 19.8 Å². The lowest BCUT2D eigenvalue weighted by molar-refractivity contribution is -0.142. The Balaban J connectivity index is 2.53. The summed E-state index contributed by atoms with van der Waals surface area (Å²) in [5, 5.41) is 20.7. The molecule has 0 bridgehead atoms. The van der Waals surface area contributed by atoms with Gasteiger partial charge in [0.15, 0.2) is 0 Å². The number of aliphatic hydroxyl groups excluding tert-OH is 1. The van der Waals surface area contributed by atoms with Crippen LogP contribution in [0.5, 0.6) is 0 Å². The Hall–Kier alpha value is -1.34. The summed E-state index contributed by atoms with van der Waals surface area (Å²) in [4.78, 5) is 27.0. The Morgan fingerprint density at radius 1 is 1.20 bits per heavy atom. The number of nitrogens with zero attached hydrogens (tertiary/aromatic N) is 2. The van der Waals surface area contributed by atoms with Crippen LogP contribution in [0, 0.1) is 5.41 Å². The largest absolute Gasteiger partial charge is 0.480 e.